The van der Waals surface area contributed by atoms with Crippen LogP contribution in [0, 0.1) is 0 Å². The van der Waals surface area contributed by atoms with E-state index in [1.54, 1.807) is 0 Å². The van der Waals surface area contributed by atoms with Crippen molar-refractivity contribution in [3.63, 3.8) is 0 Å². The summed E-state index contributed by atoms with van der Waals surface area (Å²) >= 11 is 0. The van der Waals surface area contributed by atoms with Crippen LogP contribution in [0.25, 0.3) is 0 Å². The Balaban J connectivity index is 1.67. The zero-order valence-corrected chi connectivity index (χ0v) is 12.8. The Labute approximate surface area is 122 Å². The Bertz CT molecular complexity index is 432. The highest BCUT2D eigenvalue weighted by Crippen LogP contribution is 2.24. The molecule has 2 fully saturated rings. The lowest BCUT2D eigenvalue weighted by Crippen LogP contribution is -2.48. The number of aromatic nitrogens is 1. The third kappa shape index (κ3) is 2.90. The third-order valence-electron chi connectivity index (χ3n) is 4.57. The molecule has 4 nitrogen and oxygen atoms in total. The van der Waals surface area contributed by atoms with Crippen molar-refractivity contribution in [3.05, 3.63) is 18.3 Å². The quantitative estimate of drug-likeness (QED) is 0.843. The van der Waals surface area contributed by atoms with Crippen molar-refractivity contribution in [2.75, 3.05) is 49.1 Å². The molecule has 3 rings (SSSR count). The minimum Gasteiger partial charge on any atom is -0.369 e. The molecule has 2 aliphatic heterocycles. The van der Waals surface area contributed by atoms with Crippen molar-refractivity contribution in [3.8, 4) is 0 Å². The van der Waals surface area contributed by atoms with Crippen molar-refractivity contribution in [2.24, 2.45) is 0 Å². The van der Waals surface area contributed by atoms with E-state index in [2.05, 4.69) is 45.7 Å². The van der Waals surface area contributed by atoms with Crippen LogP contribution in [0.5, 0.6) is 0 Å². The molecule has 0 aromatic carbocycles. The van der Waals surface area contributed by atoms with Gasteiger partial charge in [-0.1, -0.05) is 0 Å². The molecule has 0 bridgehead atoms. The van der Waals surface area contributed by atoms with E-state index in [1.165, 1.54) is 31.6 Å². The Hall–Kier alpha value is -1.29. The molecule has 0 radical (unpaired) electrons. The summed E-state index contributed by atoms with van der Waals surface area (Å²) in [5.41, 5.74) is 1.34. The lowest BCUT2D eigenvalue weighted by atomic mass is 10.2. The molecule has 2 aliphatic rings. The van der Waals surface area contributed by atoms with Crippen molar-refractivity contribution in [1.29, 1.82) is 0 Å². The first-order valence-corrected chi connectivity index (χ1v) is 7.94. The molecule has 0 aliphatic carbocycles. The molecule has 3 heterocycles. The average Bonchev–Trinajstić information content (AvgIpc) is 3.02. The molecular weight excluding hydrogens is 248 g/mol. The van der Waals surface area contributed by atoms with Gasteiger partial charge in [-0.15, -0.1) is 0 Å². The minimum atomic E-state index is 0.662. The van der Waals surface area contributed by atoms with E-state index < -0.39 is 0 Å². The SMILES string of the molecule is CC(C)N1CCN(c2ccnc(N3CCCC3)c2)CC1. The van der Waals surface area contributed by atoms with E-state index in [0.717, 1.165) is 32.0 Å². The molecular formula is C16H26N4. The maximum atomic E-state index is 4.55. The molecule has 1 aromatic heterocycles. The average molecular weight is 274 g/mol. The Morgan fingerprint density at radius 3 is 2.30 bits per heavy atom. The molecule has 0 atom stereocenters. The standard InChI is InChI=1S/C16H26N4/c1-14(2)18-9-11-19(12-10-18)15-5-6-17-16(13-15)20-7-3-4-8-20/h5-6,13-14H,3-4,7-12H2,1-2H3. The number of nitrogens with zero attached hydrogens (tertiary/aromatic N) is 4. The summed E-state index contributed by atoms with van der Waals surface area (Å²) in [6, 6.07) is 5.09. The van der Waals surface area contributed by atoms with Gasteiger partial charge in [-0.2, -0.15) is 0 Å². The van der Waals surface area contributed by atoms with Crippen LogP contribution in [0.1, 0.15) is 26.7 Å². The van der Waals surface area contributed by atoms with Crippen LogP contribution in [0.15, 0.2) is 18.3 Å². The fourth-order valence-corrected chi connectivity index (χ4v) is 3.22. The van der Waals surface area contributed by atoms with Crippen LogP contribution in [-0.4, -0.2) is 55.2 Å². The summed E-state index contributed by atoms with van der Waals surface area (Å²) in [6.07, 6.45) is 4.58. The van der Waals surface area contributed by atoms with Gasteiger partial charge in [0, 0.05) is 63.3 Å². The van der Waals surface area contributed by atoms with Crippen LogP contribution >= 0.6 is 0 Å². The minimum absolute atomic E-state index is 0.662. The number of hydrogen-bond donors (Lipinski definition) is 0. The molecule has 0 N–H and O–H groups in total. The first kappa shape index (κ1) is 13.7. The van der Waals surface area contributed by atoms with E-state index >= 15 is 0 Å². The zero-order valence-electron chi connectivity index (χ0n) is 12.8. The van der Waals surface area contributed by atoms with Gasteiger partial charge in [0.15, 0.2) is 0 Å². The number of hydrogen-bond acceptors (Lipinski definition) is 4. The van der Waals surface area contributed by atoms with Gasteiger partial charge in [0.1, 0.15) is 5.82 Å². The normalized spacial score (nSPS) is 20.9. The van der Waals surface area contributed by atoms with Gasteiger partial charge in [-0.3, -0.25) is 4.90 Å². The van der Waals surface area contributed by atoms with Gasteiger partial charge >= 0.3 is 0 Å². The first-order valence-electron chi connectivity index (χ1n) is 7.94. The Kier molecular flexibility index (Phi) is 4.10. The highest BCUT2D eigenvalue weighted by molar-refractivity contribution is 5.55. The summed E-state index contributed by atoms with van der Waals surface area (Å²) < 4.78 is 0. The molecule has 0 spiro atoms. The van der Waals surface area contributed by atoms with Crippen molar-refractivity contribution >= 4 is 11.5 Å². The van der Waals surface area contributed by atoms with Crippen molar-refractivity contribution < 1.29 is 0 Å². The van der Waals surface area contributed by atoms with E-state index in [0.29, 0.717) is 6.04 Å². The van der Waals surface area contributed by atoms with Crippen molar-refractivity contribution in [2.45, 2.75) is 32.7 Å². The van der Waals surface area contributed by atoms with E-state index in [4.69, 9.17) is 0 Å². The van der Waals surface area contributed by atoms with E-state index in [9.17, 15) is 0 Å². The summed E-state index contributed by atoms with van der Waals surface area (Å²) in [7, 11) is 0. The van der Waals surface area contributed by atoms with Gasteiger partial charge in [0.2, 0.25) is 0 Å². The summed E-state index contributed by atoms with van der Waals surface area (Å²) in [4.78, 5) is 12.0. The maximum Gasteiger partial charge on any atom is 0.130 e. The largest absolute Gasteiger partial charge is 0.369 e. The van der Waals surface area contributed by atoms with Gasteiger partial charge in [-0.25, -0.2) is 4.98 Å². The third-order valence-corrected chi connectivity index (χ3v) is 4.57. The fraction of sp³-hybridized carbons (Fsp3) is 0.688. The lowest BCUT2D eigenvalue weighted by Gasteiger charge is -2.38. The smallest absolute Gasteiger partial charge is 0.130 e. The maximum absolute atomic E-state index is 4.55. The predicted octanol–water partition coefficient (Wildman–Crippen LogP) is 2.21. The predicted molar refractivity (Wildman–Crippen MR) is 84.6 cm³/mol. The summed E-state index contributed by atoms with van der Waals surface area (Å²) in [6.45, 7) is 11.5. The first-order chi connectivity index (χ1) is 9.74. The van der Waals surface area contributed by atoms with E-state index in [1.807, 2.05) is 6.20 Å². The number of anilines is 2. The molecule has 0 saturated carbocycles. The van der Waals surface area contributed by atoms with Crippen LogP contribution in [0.3, 0.4) is 0 Å². The molecule has 1 aromatic rings. The highest BCUT2D eigenvalue weighted by atomic mass is 15.3. The van der Waals surface area contributed by atoms with Crippen LogP contribution in [-0.2, 0) is 0 Å². The van der Waals surface area contributed by atoms with Gasteiger partial charge in [0.05, 0.1) is 0 Å². The summed E-state index contributed by atoms with van der Waals surface area (Å²) in [5, 5.41) is 0. The van der Waals surface area contributed by atoms with Gasteiger partial charge < -0.3 is 9.80 Å². The second-order valence-corrected chi connectivity index (χ2v) is 6.18. The highest BCUT2D eigenvalue weighted by Gasteiger charge is 2.20. The molecule has 0 amide bonds. The van der Waals surface area contributed by atoms with Gasteiger partial charge in [-0.05, 0) is 32.8 Å². The molecule has 4 heteroatoms. The van der Waals surface area contributed by atoms with E-state index in [-0.39, 0.29) is 0 Å². The number of piperazine rings is 1. The van der Waals surface area contributed by atoms with Crippen LogP contribution in [0.2, 0.25) is 0 Å². The summed E-state index contributed by atoms with van der Waals surface area (Å²) in [5.74, 6) is 1.16. The molecule has 0 unspecified atom stereocenters. The van der Waals surface area contributed by atoms with Crippen LogP contribution < -0.4 is 9.80 Å². The topological polar surface area (TPSA) is 22.6 Å². The van der Waals surface area contributed by atoms with Crippen LogP contribution in [0.4, 0.5) is 11.5 Å². The monoisotopic (exact) mass is 274 g/mol. The molecule has 110 valence electrons. The fourth-order valence-electron chi connectivity index (χ4n) is 3.22. The Morgan fingerprint density at radius 1 is 0.950 bits per heavy atom. The van der Waals surface area contributed by atoms with Crippen molar-refractivity contribution in [1.82, 2.24) is 9.88 Å². The Morgan fingerprint density at radius 2 is 1.65 bits per heavy atom. The number of pyridine rings is 1. The number of rotatable bonds is 3. The molecule has 20 heavy (non-hydrogen) atoms. The zero-order chi connectivity index (χ0) is 13.9. The lowest BCUT2D eigenvalue weighted by molar-refractivity contribution is 0.209. The van der Waals surface area contributed by atoms with Gasteiger partial charge in [0.25, 0.3) is 0 Å². The second kappa shape index (κ2) is 6.00. The molecule has 2 saturated heterocycles. The second-order valence-electron chi connectivity index (χ2n) is 6.18.